The summed E-state index contributed by atoms with van der Waals surface area (Å²) in [6, 6.07) is 0. The fourth-order valence-corrected chi connectivity index (χ4v) is 0.791. The van der Waals surface area contributed by atoms with Crippen molar-refractivity contribution in [3.63, 3.8) is 0 Å². The first-order valence-electron chi connectivity index (χ1n) is 3.52. The van der Waals surface area contributed by atoms with Crippen LogP contribution in [0.4, 0.5) is 0 Å². The van der Waals surface area contributed by atoms with E-state index in [2.05, 4.69) is 30.9 Å². The Morgan fingerprint density at radius 2 is 2.18 bits per heavy atom. The van der Waals surface area contributed by atoms with Gasteiger partial charge in [-0.05, 0) is 5.41 Å². The van der Waals surface area contributed by atoms with Gasteiger partial charge in [-0.1, -0.05) is 20.8 Å². The van der Waals surface area contributed by atoms with Crippen molar-refractivity contribution in [3.05, 3.63) is 16.4 Å². The van der Waals surface area contributed by atoms with E-state index in [0.717, 1.165) is 0 Å². The van der Waals surface area contributed by atoms with Gasteiger partial charge in [-0.3, -0.25) is 0 Å². The van der Waals surface area contributed by atoms with Gasteiger partial charge in [0, 0.05) is 6.42 Å². The highest BCUT2D eigenvalue weighted by Crippen LogP contribution is 2.17. The first-order chi connectivity index (χ1) is 4.97. The maximum Gasteiger partial charge on any atom is 0.377 e. The van der Waals surface area contributed by atoms with Gasteiger partial charge in [0.2, 0.25) is 5.89 Å². The first-order valence-corrected chi connectivity index (χ1v) is 3.52. The van der Waals surface area contributed by atoms with Gasteiger partial charge in [0.25, 0.3) is 0 Å². The molecule has 1 aromatic heterocycles. The van der Waals surface area contributed by atoms with Crippen molar-refractivity contribution in [2.24, 2.45) is 5.41 Å². The standard InChI is InChI=1S/C7H12N2O2/c1-7(2,3)4-5-8-6(10)9-11-5/h4H2,1-3H3,(H,9,10). The minimum absolute atomic E-state index is 0.102. The maximum absolute atomic E-state index is 10.5. The number of hydrogen-bond acceptors (Lipinski definition) is 3. The third kappa shape index (κ3) is 2.57. The molecule has 0 atom stereocenters. The first kappa shape index (κ1) is 8.04. The van der Waals surface area contributed by atoms with Crippen LogP contribution in [0, 0.1) is 5.41 Å². The Labute approximate surface area is 64.6 Å². The van der Waals surface area contributed by atoms with Crippen LogP contribution >= 0.6 is 0 Å². The topological polar surface area (TPSA) is 58.9 Å². The molecule has 4 heteroatoms. The molecule has 0 aliphatic rings. The van der Waals surface area contributed by atoms with Crippen LogP contribution in [-0.4, -0.2) is 10.1 Å². The van der Waals surface area contributed by atoms with Crippen molar-refractivity contribution in [2.45, 2.75) is 27.2 Å². The Hall–Kier alpha value is -1.06. The fourth-order valence-electron chi connectivity index (χ4n) is 0.791. The third-order valence-electron chi connectivity index (χ3n) is 1.16. The van der Waals surface area contributed by atoms with E-state index in [1.165, 1.54) is 0 Å². The number of nitrogens with zero attached hydrogens (tertiary/aromatic N) is 1. The van der Waals surface area contributed by atoms with Crippen molar-refractivity contribution in [2.75, 3.05) is 0 Å². The monoisotopic (exact) mass is 156 g/mol. The Bertz CT molecular complexity index is 279. The predicted octanol–water partition coefficient (Wildman–Crippen LogP) is 0.952. The predicted molar refractivity (Wildman–Crippen MR) is 40.3 cm³/mol. The molecule has 0 amide bonds. The van der Waals surface area contributed by atoms with E-state index in [-0.39, 0.29) is 5.41 Å². The third-order valence-corrected chi connectivity index (χ3v) is 1.16. The summed E-state index contributed by atoms with van der Waals surface area (Å²) < 4.78 is 4.79. The van der Waals surface area contributed by atoms with Crippen molar-refractivity contribution < 1.29 is 4.52 Å². The molecule has 4 nitrogen and oxygen atoms in total. The van der Waals surface area contributed by atoms with Gasteiger partial charge in [-0.15, -0.1) is 0 Å². The van der Waals surface area contributed by atoms with Gasteiger partial charge in [0.15, 0.2) is 0 Å². The summed E-state index contributed by atoms with van der Waals surface area (Å²) in [4.78, 5) is 14.1. The minimum Gasteiger partial charge on any atom is -0.362 e. The van der Waals surface area contributed by atoms with Gasteiger partial charge < -0.3 is 4.52 Å². The van der Waals surface area contributed by atoms with Crippen molar-refractivity contribution in [1.82, 2.24) is 10.1 Å². The highest BCUT2D eigenvalue weighted by Gasteiger charge is 2.15. The zero-order valence-electron chi connectivity index (χ0n) is 6.97. The normalized spacial score (nSPS) is 11.9. The van der Waals surface area contributed by atoms with E-state index >= 15 is 0 Å². The lowest BCUT2D eigenvalue weighted by Crippen LogP contribution is -2.10. The molecule has 0 aliphatic carbocycles. The van der Waals surface area contributed by atoms with Crippen molar-refractivity contribution >= 4 is 0 Å². The molecule has 0 saturated heterocycles. The van der Waals surface area contributed by atoms with E-state index in [1.807, 2.05) is 0 Å². The summed E-state index contributed by atoms with van der Waals surface area (Å²) in [6.07, 6.45) is 0.672. The summed E-state index contributed by atoms with van der Waals surface area (Å²) in [5.41, 5.74) is -0.310. The Morgan fingerprint density at radius 3 is 2.55 bits per heavy atom. The van der Waals surface area contributed by atoms with Crippen LogP contribution < -0.4 is 5.69 Å². The second-order valence-corrected chi connectivity index (χ2v) is 3.75. The molecular weight excluding hydrogens is 144 g/mol. The molecule has 0 aromatic carbocycles. The molecule has 62 valence electrons. The molecule has 0 radical (unpaired) electrons. The average Bonchev–Trinajstić information content (AvgIpc) is 2.10. The fraction of sp³-hybridized carbons (Fsp3) is 0.714. The molecule has 11 heavy (non-hydrogen) atoms. The van der Waals surface area contributed by atoms with Crippen LogP contribution in [-0.2, 0) is 6.42 Å². The molecule has 1 heterocycles. The van der Waals surface area contributed by atoms with E-state index in [4.69, 9.17) is 4.52 Å². The van der Waals surface area contributed by atoms with Crippen LogP contribution in [0.25, 0.3) is 0 Å². The van der Waals surface area contributed by atoms with Crippen LogP contribution in [0.1, 0.15) is 26.7 Å². The van der Waals surface area contributed by atoms with E-state index in [1.54, 1.807) is 0 Å². The number of nitrogens with one attached hydrogen (secondary N) is 1. The minimum atomic E-state index is -0.413. The number of aromatic nitrogens is 2. The van der Waals surface area contributed by atoms with Crippen LogP contribution in [0.15, 0.2) is 9.32 Å². The smallest absolute Gasteiger partial charge is 0.362 e. The number of hydrogen-bond donors (Lipinski definition) is 1. The second kappa shape index (κ2) is 2.53. The zero-order chi connectivity index (χ0) is 8.48. The largest absolute Gasteiger partial charge is 0.377 e. The van der Waals surface area contributed by atoms with Gasteiger partial charge in [0.05, 0.1) is 0 Å². The second-order valence-electron chi connectivity index (χ2n) is 3.75. The molecule has 0 saturated carbocycles. The van der Waals surface area contributed by atoms with Gasteiger partial charge in [0.1, 0.15) is 0 Å². The number of rotatable bonds is 1. The Morgan fingerprint density at radius 1 is 1.55 bits per heavy atom. The Balaban J connectivity index is 2.73. The van der Waals surface area contributed by atoms with Crippen LogP contribution in [0.3, 0.4) is 0 Å². The van der Waals surface area contributed by atoms with E-state index in [9.17, 15) is 4.79 Å². The molecular formula is C7H12N2O2. The summed E-state index contributed by atoms with van der Waals surface area (Å²) >= 11 is 0. The van der Waals surface area contributed by atoms with Gasteiger partial charge in [-0.2, -0.15) is 10.1 Å². The zero-order valence-corrected chi connectivity index (χ0v) is 6.97. The molecule has 1 rings (SSSR count). The maximum atomic E-state index is 10.5. The van der Waals surface area contributed by atoms with Crippen molar-refractivity contribution in [1.29, 1.82) is 0 Å². The van der Waals surface area contributed by atoms with Crippen LogP contribution in [0.2, 0.25) is 0 Å². The summed E-state index contributed by atoms with van der Waals surface area (Å²) in [6.45, 7) is 6.17. The summed E-state index contributed by atoms with van der Waals surface area (Å²) in [5.74, 6) is 0.475. The quantitative estimate of drug-likeness (QED) is 0.658. The SMILES string of the molecule is CC(C)(C)Cc1nc(=O)[nH]o1. The van der Waals surface area contributed by atoms with Gasteiger partial charge >= 0.3 is 5.69 Å². The van der Waals surface area contributed by atoms with E-state index < -0.39 is 5.69 Å². The molecule has 0 spiro atoms. The molecule has 1 N–H and O–H groups in total. The average molecular weight is 156 g/mol. The molecule has 0 aliphatic heterocycles. The van der Waals surface area contributed by atoms with Gasteiger partial charge in [-0.25, -0.2) is 4.79 Å². The lowest BCUT2D eigenvalue weighted by Gasteiger charge is -2.13. The molecule has 1 aromatic rings. The highest BCUT2D eigenvalue weighted by atomic mass is 16.5. The number of aromatic amines is 1. The molecule has 0 bridgehead atoms. The lowest BCUT2D eigenvalue weighted by molar-refractivity contribution is 0.312. The molecule has 0 unspecified atom stereocenters. The van der Waals surface area contributed by atoms with E-state index in [0.29, 0.717) is 12.3 Å². The number of H-pyrrole nitrogens is 1. The van der Waals surface area contributed by atoms with Crippen molar-refractivity contribution in [3.8, 4) is 0 Å². The summed E-state index contributed by atoms with van der Waals surface area (Å²) in [5, 5.41) is 2.15. The lowest BCUT2D eigenvalue weighted by atomic mass is 9.92. The highest BCUT2D eigenvalue weighted by molar-refractivity contribution is 4.81. The summed E-state index contributed by atoms with van der Waals surface area (Å²) in [7, 11) is 0. The Kier molecular flexibility index (Phi) is 1.85. The van der Waals surface area contributed by atoms with Crippen LogP contribution in [0.5, 0.6) is 0 Å². The molecule has 0 fully saturated rings.